The maximum absolute atomic E-state index is 13.9. The minimum absolute atomic E-state index is 0.242. The van der Waals surface area contributed by atoms with Crippen molar-refractivity contribution in [2.24, 2.45) is 5.92 Å². The summed E-state index contributed by atoms with van der Waals surface area (Å²) in [5, 5.41) is 0.625. The van der Waals surface area contributed by atoms with Crippen LogP contribution in [0.3, 0.4) is 0 Å². The molecule has 0 aliphatic heterocycles. The van der Waals surface area contributed by atoms with E-state index in [1.165, 1.54) is 6.07 Å². The highest BCUT2D eigenvalue weighted by Crippen LogP contribution is 2.27. The molecule has 0 N–H and O–H groups in total. The number of aromatic nitrogens is 2. The van der Waals surface area contributed by atoms with Crippen molar-refractivity contribution >= 4 is 11.6 Å². The van der Waals surface area contributed by atoms with Gasteiger partial charge in [-0.15, -0.1) is 0 Å². The summed E-state index contributed by atoms with van der Waals surface area (Å²) < 4.78 is 21.4. The van der Waals surface area contributed by atoms with Gasteiger partial charge in [-0.3, -0.25) is 4.90 Å². The molecule has 178 valence electrons. The third-order valence-electron chi connectivity index (χ3n) is 5.79. The lowest BCUT2D eigenvalue weighted by atomic mass is 10.1. The van der Waals surface area contributed by atoms with Crippen LogP contribution < -0.4 is 4.74 Å². The van der Waals surface area contributed by atoms with Gasteiger partial charge in [0.25, 0.3) is 0 Å². The molecule has 0 fully saturated rings. The van der Waals surface area contributed by atoms with Crippen LogP contribution in [0.1, 0.15) is 51.3 Å². The summed E-state index contributed by atoms with van der Waals surface area (Å²) in [5.74, 6) is 1.88. The molecule has 0 aliphatic rings. The van der Waals surface area contributed by atoms with Crippen LogP contribution in [0.4, 0.5) is 4.39 Å². The van der Waals surface area contributed by atoms with Crippen LogP contribution in [-0.4, -0.2) is 28.1 Å². The van der Waals surface area contributed by atoms with Gasteiger partial charge in [-0.25, -0.2) is 9.37 Å². The fraction of sp³-hybridized carbons (Fsp3) is 0.444. The molecule has 0 atom stereocenters. The van der Waals surface area contributed by atoms with E-state index in [-0.39, 0.29) is 5.82 Å². The lowest BCUT2D eigenvalue weighted by Crippen LogP contribution is -2.26. The first-order chi connectivity index (χ1) is 15.9. The van der Waals surface area contributed by atoms with Crippen LogP contribution in [0.5, 0.6) is 5.75 Å². The van der Waals surface area contributed by atoms with Crippen molar-refractivity contribution in [1.82, 2.24) is 14.5 Å². The third kappa shape index (κ3) is 7.05. The summed E-state index contributed by atoms with van der Waals surface area (Å²) in [4.78, 5) is 7.14. The predicted molar refractivity (Wildman–Crippen MR) is 134 cm³/mol. The van der Waals surface area contributed by atoms with Crippen molar-refractivity contribution in [2.45, 2.75) is 59.7 Å². The van der Waals surface area contributed by atoms with Gasteiger partial charge in [0.05, 0.1) is 24.0 Å². The molecular formula is C27H35ClFN3O. The molecule has 1 heterocycles. The molecule has 0 radical (unpaired) electrons. The molecule has 3 rings (SSSR count). The Morgan fingerprint density at radius 2 is 1.97 bits per heavy atom. The molecule has 0 aliphatic carbocycles. The third-order valence-corrected chi connectivity index (χ3v) is 6.08. The summed E-state index contributed by atoms with van der Waals surface area (Å²) in [6.45, 7) is 10.1. The van der Waals surface area contributed by atoms with Gasteiger partial charge >= 0.3 is 0 Å². The SMILES string of the molecule is CCCCn1c(CN(CCC(C)C)Cc2ccc(OC)c(Cl)c2)cnc1-c1cccc(F)c1. The van der Waals surface area contributed by atoms with Crippen molar-refractivity contribution in [3.05, 3.63) is 70.8 Å². The fourth-order valence-electron chi connectivity index (χ4n) is 3.91. The van der Waals surface area contributed by atoms with E-state index in [1.54, 1.807) is 19.2 Å². The zero-order chi connectivity index (χ0) is 23.8. The second-order valence-electron chi connectivity index (χ2n) is 8.95. The topological polar surface area (TPSA) is 30.3 Å². The molecule has 0 unspecified atom stereocenters. The highest BCUT2D eigenvalue weighted by molar-refractivity contribution is 6.32. The van der Waals surface area contributed by atoms with Crippen LogP contribution in [-0.2, 0) is 19.6 Å². The quantitative estimate of drug-likeness (QED) is 0.280. The van der Waals surface area contributed by atoms with Gasteiger partial charge < -0.3 is 9.30 Å². The number of ether oxygens (including phenoxy) is 1. The standard InChI is InChI=1S/C27H35ClFN3O/c1-5-6-13-32-24(17-30-27(32)22-8-7-9-23(29)16-22)19-31(14-12-20(2)3)18-21-10-11-26(33-4)25(28)15-21/h7-11,15-17,20H,5-6,12-14,18-19H2,1-4H3. The molecule has 3 aromatic rings. The van der Waals surface area contributed by atoms with E-state index in [0.29, 0.717) is 16.7 Å². The highest BCUT2D eigenvalue weighted by Gasteiger charge is 2.16. The zero-order valence-electron chi connectivity index (χ0n) is 20.2. The molecule has 0 amide bonds. The Hall–Kier alpha value is -2.37. The monoisotopic (exact) mass is 471 g/mol. The number of benzene rings is 2. The Kier molecular flexibility index (Phi) is 9.33. The van der Waals surface area contributed by atoms with Crippen molar-refractivity contribution in [2.75, 3.05) is 13.7 Å². The number of halogens is 2. The Bertz CT molecular complexity index is 1030. The molecule has 0 saturated heterocycles. The highest BCUT2D eigenvalue weighted by atomic mass is 35.5. The minimum Gasteiger partial charge on any atom is -0.495 e. The molecule has 0 bridgehead atoms. The van der Waals surface area contributed by atoms with Gasteiger partial charge in [0.1, 0.15) is 17.4 Å². The Morgan fingerprint density at radius 3 is 2.64 bits per heavy atom. The number of nitrogens with zero attached hydrogens (tertiary/aromatic N) is 3. The normalized spacial score (nSPS) is 11.5. The summed E-state index contributed by atoms with van der Waals surface area (Å²) in [6.07, 6.45) is 5.18. The molecule has 1 aromatic heterocycles. The first-order valence-electron chi connectivity index (χ1n) is 11.8. The van der Waals surface area contributed by atoms with Crippen molar-refractivity contribution in [3.8, 4) is 17.1 Å². The van der Waals surface area contributed by atoms with E-state index in [1.807, 2.05) is 24.4 Å². The van der Waals surface area contributed by atoms with Gasteiger partial charge in [-0.1, -0.05) is 57.0 Å². The average molecular weight is 472 g/mol. The maximum Gasteiger partial charge on any atom is 0.140 e. The number of rotatable bonds is 12. The minimum atomic E-state index is -0.242. The second-order valence-corrected chi connectivity index (χ2v) is 9.36. The van der Waals surface area contributed by atoms with Gasteiger partial charge in [0.15, 0.2) is 0 Å². The summed E-state index contributed by atoms with van der Waals surface area (Å²) >= 11 is 6.38. The van der Waals surface area contributed by atoms with Crippen LogP contribution >= 0.6 is 11.6 Å². The van der Waals surface area contributed by atoms with E-state index in [2.05, 4.69) is 36.3 Å². The molecule has 2 aromatic carbocycles. The first kappa shape index (κ1) is 25.3. The average Bonchev–Trinajstić information content (AvgIpc) is 3.18. The number of unbranched alkanes of at least 4 members (excludes halogenated alkanes) is 1. The lowest BCUT2D eigenvalue weighted by Gasteiger charge is -2.24. The number of hydrogen-bond donors (Lipinski definition) is 0. The van der Waals surface area contributed by atoms with Crippen LogP contribution in [0, 0.1) is 11.7 Å². The molecule has 33 heavy (non-hydrogen) atoms. The molecule has 0 spiro atoms. The summed E-state index contributed by atoms with van der Waals surface area (Å²) in [6, 6.07) is 12.7. The summed E-state index contributed by atoms with van der Waals surface area (Å²) in [7, 11) is 1.63. The van der Waals surface area contributed by atoms with Gasteiger partial charge in [0.2, 0.25) is 0 Å². The smallest absolute Gasteiger partial charge is 0.140 e. The Morgan fingerprint density at radius 1 is 1.15 bits per heavy atom. The molecular weight excluding hydrogens is 437 g/mol. The van der Waals surface area contributed by atoms with Crippen LogP contribution in [0.15, 0.2) is 48.7 Å². The van der Waals surface area contributed by atoms with Crippen LogP contribution in [0.25, 0.3) is 11.4 Å². The molecule has 6 heteroatoms. The van der Waals surface area contributed by atoms with Crippen molar-refractivity contribution in [3.63, 3.8) is 0 Å². The number of hydrogen-bond acceptors (Lipinski definition) is 3. The first-order valence-corrected chi connectivity index (χ1v) is 12.1. The molecule has 4 nitrogen and oxygen atoms in total. The summed E-state index contributed by atoms with van der Waals surface area (Å²) in [5.41, 5.74) is 3.11. The number of methoxy groups -OCH3 is 1. The largest absolute Gasteiger partial charge is 0.495 e. The van der Waals surface area contributed by atoms with E-state index >= 15 is 0 Å². The van der Waals surface area contributed by atoms with E-state index < -0.39 is 0 Å². The number of imidazole rings is 1. The predicted octanol–water partition coefficient (Wildman–Crippen LogP) is 7.20. The van der Waals surface area contributed by atoms with Gasteiger partial charge in [-0.05, 0) is 55.1 Å². The van der Waals surface area contributed by atoms with E-state index in [9.17, 15) is 4.39 Å². The fourth-order valence-corrected chi connectivity index (χ4v) is 4.19. The van der Waals surface area contributed by atoms with Crippen molar-refractivity contribution < 1.29 is 9.13 Å². The van der Waals surface area contributed by atoms with E-state index in [0.717, 1.165) is 68.1 Å². The van der Waals surface area contributed by atoms with Gasteiger partial charge in [-0.2, -0.15) is 0 Å². The maximum atomic E-state index is 13.9. The lowest BCUT2D eigenvalue weighted by molar-refractivity contribution is 0.235. The van der Waals surface area contributed by atoms with Crippen LogP contribution in [0.2, 0.25) is 5.02 Å². The van der Waals surface area contributed by atoms with Gasteiger partial charge in [0, 0.05) is 25.2 Å². The Balaban J connectivity index is 1.88. The van der Waals surface area contributed by atoms with E-state index in [4.69, 9.17) is 21.3 Å². The zero-order valence-corrected chi connectivity index (χ0v) is 20.9. The molecule has 0 saturated carbocycles. The second kappa shape index (κ2) is 12.2. The van der Waals surface area contributed by atoms with Crippen molar-refractivity contribution in [1.29, 1.82) is 0 Å². The Labute approximate surface area is 202 Å².